The first-order chi connectivity index (χ1) is 11.7. The van der Waals surface area contributed by atoms with E-state index >= 15 is 0 Å². The lowest BCUT2D eigenvalue weighted by molar-refractivity contribution is 0.0588. The molecule has 2 aromatic carbocycles. The number of ether oxygens (including phenoxy) is 1. The summed E-state index contributed by atoms with van der Waals surface area (Å²) in [5.74, 6) is -1.23. The Labute approximate surface area is 138 Å². The van der Waals surface area contributed by atoms with E-state index < -0.39 is 11.9 Å². The summed E-state index contributed by atoms with van der Waals surface area (Å²) < 4.78 is 9.44. The molecule has 0 unspecified atom stereocenters. The van der Waals surface area contributed by atoms with Gasteiger partial charge in [0.1, 0.15) is 0 Å². The Hall–Kier alpha value is -3.41. The van der Waals surface area contributed by atoms with Gasteiger partial charge in [-0.15, -0.1) is 0 Å². The molecule has 0 aliphatic heterocycles. The van der Waals surface area contributed by atoms with Gasteiger partial charge >= 0.3 is 5.97 Å². The van der Waals surface area contributed by atoms with Crippen LogP contribution < -0.4 is 5.32 Å². The fraction of sp³-hybridized carbons (Fsp3) is 0.0556. The molecule has 3 rings (SSSR count). The number of carbonyl (C=O) groups excluding carboxylic acids is 2. The standard InChI is InChI=1S/C18H14N2O4/c1-23-18(22)15-11-16(24-20-15)17(21)19-14-10-6-5-9-13(14)12-7-3-2-4-8-12/h2-11H,1H3,(H,19,21). The molecule has 0 bridgehead atoms. The van der Waals surface area contributed by atoms with Crippen molar-refractivity contribution in [2.75, 3.05) is 12.4 Å². The first-order valence-electron chi connectivity index (χ1n) is 7.20. The number of hydrogen-bond donors (Lipinski definition) is 1. The second-order valence-corrected chi connectivity index (χ2v) is 4.93. The second-order valence-electron chi connectivity index (χ2n) is 4.93. The van der Waals surface area contributed by atoms with E-state index in [0.717, 1.165) is 11.1 Å². The van der Waals surface area contributed by atoms with Crippen molar-refractivity contribution in [3.63, 3.8) is 0 Å². The fourth-order valence-electron chi connectivity index (χ4n) is 2.23. The molecule has 3 aromatic rings. The van der Waals surface area contributed by atoms with E-state index in [0.29, 0.717) is 5.69 Å². The van der Waals surface area contributed by atoms with E-state index in [1.165, 1.54) is 13.2 Å². The van der Waals surface area contributed by atoms with Crippen LogP contribution >= 0.6 is 0 Å². The topological polar surface area (TPSA) is 81.4 Å². The van der Waals surface area contributed by atoms with E-state index in [-0.39, 0.29) is 11.5 Å². The van der Waals surface area contributed by atoms with Crippen LogP contribution in [-0.4, -0.2) is 24.1 Å². The predicted octanol–water partition coefficient (Wildman–Crippen LogP) is 3.38. The Bertz CT molecular complexity index is 871. The monoisotopic (exact) mass is 322 g/mol. The number of carbonyl (C=O) groups is 2. The number of rotatable bonds is 4. The highest BCUT2D eigenvalue weighted by atomic mass is 16.5. The smallest absolute Gasteiger partial charge is 0.360 e. The molecule has 0 spiro atoms. The molecule has 1 aromatic heterocycles. The van der Waals surface area contributed by atoms with Crippen LogP contribution in [0.5, 0.6) is 0 Å². The van der Waals surface area contributed by atoms with Crippen molar-refractivity contribution in [2.45, 2.75) is 0 Å². The van der Waals surface area contributed by atoms with Gasteiger partial charge in [-0.05, 0) is 11.6 Å². The first-order valence-corrected chi connectivity index (χ1v) is 7.20. The van der Waals surface area contributed by atoms with E-state index in [2.05, 4.69) is 15.2 Å². The van der Waals surface area contributed by atoms with Crippen LogP contribution in [0.15, 0.2) is 65.2 Å². The minimum Gasteiger partial charge on any atom is -0.464 e. The summed E-state index contributed by atoms with van der Waals surface area (Å²) in [5, 5.41) is 6.29. The third kappa shape index (κ3) is 3.17. The van der Waals surface area contributed by atoms with Crippen LogP contribution in [0.3, 0.4) is 0 Å². The quantitative estimate of drug-likeness (QED) is 0.745. The lowest BCUT2D eigenvalue weighted by atomic mass is 10.0. The average molecular weight is 322 g/mol. The molecule has 0 saturated heterocycles. The van der Waals surface area contributed by atoms with Crippen LogP contribution in [0.25, 0.3) is 11.1 Å². The summed E-state index contributed by atoms with van der Waals surface area (Å²) in [6.45, 7) is 0. The molecular weight excluding hydrogens is 308 g/mol. The maximum atomic E-state index is 12.3. The molecule has 0 aliphatic carbocycles. The molecular formula is C18H14N2O4. The Balaban J connectivity index is 1.85. The summed E-state index contributed by atoms with van der Waals surface area (Å²) in [6, 6.07) is 18.3. The van der Waals surface area contributed by atoms with Gasteiger partial charge in [0.05, 0.1) is 7.11 Å². The number of methoxy groups -OCH3 is 1. The molecule has 0 radical (unpaired) electrons. The average Bonchev–Trinajstić information content (AvgIpc) is 3.12. The van der Waals surface area contributed by atoms with Gasteiger partial charge in [-0.3, -0.25) is 4.79 Å². The van der Waals surface area contributed by atoms with E-state index in [1.54, 1.807) is 6.07 Å². The number of para-hydroxylation sites is 1. The van der Waals surface area contributed by atoms with Crippen molar-refractivity contribution in [3.8, 4) is 11.1 Å². The molecule has 0 aliphatic rings. The normalized spacial score (nSPS) is 10.2. The molecule has 0 atom stereocenters. The van der Waals surface area contributed by atoms with Crippen molar-refractivity contribution in [1.29, 1.82) is 0 Å². The fourth-order valence-corrected chi connectivity index (χ4v) is 2.23. The highest BCUT2D eigenvalue weighted by molar-refractivity contribution is 6.05. The zero-order chi connectivity index (χ0) is 16.9. The minimum atomic E-state index is -0.664. The number of anilines is 1. The van der Waals surface area contributed by atoms with Gasteiger partial charge < -0.3 is 14.6 Å². The van der Waals surface area contributed by atoms with Crippen molar-refractivity contribution < 1.29 is 18.8 Å². The van der Waals surface area contributed by atoms with Crippen LogP contribution in [-0.2, 0) is 4.74 Å². The maximum Gasteiger partial charge on any atom is 0.360 e. The highest BCUT2D eigenvalue weighted by Gasteiger charge is 2.18. The van der Waals surface area contributed by atoms with Crippen molar-refractivity contribution in [1.82, 2.24) is 5.16 Å². The molecule has 1 N–H and O–H groups in total. The number of nitrogens with zero attached hydrogens (tertiary/aromatic N) is 1. The Morgan fingerprint density at radius 3 is 2.50 bits per heavy atom. The highest BCUT2D eigenvalue weighted by Crippen LogP contribution is 2.27. The molecule has 6 nitrogen and oxygen atoms in total. The molecule has 1 heterocycles. The van der Waals surface area contributed by atoms with Crippen molar-refractivity contribution >= 4 is 17.6 Å². The SMILES string of the molecule is COC(=O)c1cc(C(=O)Nc2ccccc2-c2ccccc2)on1. The van der Waals surface area contributed by atoms with Gasteiger partial charge in [0, 0.05) is 17.3 Å². The number of esters is 1. The first kappa shape index (κ1) is 15.5. The number of aromatic nitrogens is 1. The number of nitrogens with one attached hydrogen (secondary N) is 1. The predicted molar refractivity (Wildman–Crippen MR) is 87.7 cm³/mol. The Kier molecular flexibility index (Phi) is 4.38. The zero-order valence-electron chi connectivity index (χ0n) is 12.9. The molecule has 0 saturated carbocycles. The third-order valence-electron chi connectivity index (χ3n) is 3.39. The number of hydrogen-bond acceptors (Lipinski definition) is 5. The van der Waals surface area contributed by atoms with Gasteiger partial charge in [0.2, 0.25) is 5.76 Å². The maximum absolute atomic E-state index is 12.3. The van der Waals surface area contributed by atoms with Crippen molar-refractivity contribution in [3.05, 3.63) is 72.1 Å². The Morgan fingerprint density at radius 1 is 1.04 bits per heavy atom. The summed E-state index contributed by atoms with van der Waals surface area (Å²) in [6.07, 6.45) is 0. The molecule has 6 heteroatoms. The lowest BCUT2D eigenvalue weighted by Crippen LogP contribution is -2.11. The van der Waals surface area contributed by atoms with Gasteiger partial charge in [-0.25, -0.2) is 4.79 Å². The lowest BCUT2D eigenvalue weighted by Gasteiger charge is -2.10. The number of amides is 1. The summed E-state index contributed by atoms with van der Waals surface area (Å²) in [5.41, 5.74) is 2.42. The minimum absolute atomic E-state index is 0.0565. The van der Waals surface area contributed by atoms with E-state index in [9.17, 15) is 9.59 Å². The van der Waals surface area contributed by atoms with E-state index in [1.807, 2.05) is 48.5 Å². The van der Waals surface area contributed by atoms with Gasteiger partial charge in [0.25, 0.3) is 5.91 Å². The third-order valence-corrected chi connectivity index (χ3v) is 3.39. The molecule has 120 valence electrons. The summed E-state index contributed by atoms with van der Waals surface area (Å²) in [7, 11) is 1.23. The van der Waals surface area contributed by atoms with Gasteiger partial charge in [-0.2, -0.15) is 0 Å². The van der Waals surface area contributed by atoms with Crippen molar-refractivity contribution in [2.24, 2.45) is 0 Å². The van der Waals surface area contributed by atoms with Gasteiger partial charge in [-0.1, -0.05) is 53.7 Å². The van der Waals surface area contributed by atoms with Crippen LogP contribution in [0.1, 0.15) is 21.0 Å². The molecule has 24 heavy (non-hydrogen) atoms. The van der Waals surface area contributed by atoms with Crippen LogP contribution in [0, 0.1) is 0 Å². The summed E-state index contributed by atoms with van der Waals surface area (Å²) >= 11 is 0. The Morgan fingerprint density at radius 2 is 1.75 bits per heavy atom. The largest absolute Gasteiger partial charge is 0.464 e. The molecule has 1 amide bonds. The van der Waals surface area contributed by atoms with E-state index in [4.69, 9.17) is 4.52 Å². The van der Waals surface area contributed by atoms with Crippen LogP contribution in [0.4, 0.5) is 5.69 Å². The number of benzene rings is 2. The van der Waals surface area contributed by atoms with Crippen LogP contribution in [0.2, 0.25) is 0 Å². The molecule has 0 fully saturated rings. The van der Waals surface area contributed by atoms with Gasteiger partial charge in [0.15, 0.2) is 5.69 Å². The summed E-state index contributed by atoms with van der Waals surface area (Å²) in [4.78, 5) is 23.7. The zero-order valence-corrected chi connectivity index (χ0v) is 12.9. The second kappa shape index (κ2) is 6.78.